The molecule has 0 atom stereocenters. The first-order chi connectivity index (χ1) is 9.70. The van der Waals surface area contributed by atoms with Gasteiger partial charge in [0.2, 0.25) is 5.89 Å². The monoisotopic (exact) mass is 291 g/mol. The number of hydrogen-bond acceptors (Lipinski definition) is 4. The summed E-state index contributed by atoms with van der Waals surface area (Å²) >= 11 is 5.87. The zero-order valence-electron chi connectivity index (χ0n) is 11.3. The molecule has 0 saturated heterocycles. The van der Waals surface area contributed by atoms with E-state index in [9.17, 15) is 0 Å². The summed E-state index contributed by atoms with van der Waals surface area (Å²) in [4.78, 5) is 4.53. The van der Waals surface area contributed by atoms with E-state index < -0.39 is 0 Å². The van der Waals surface area contributed by atoms with Gasteiger partial charge in [-0.3, -0.25) is 0 Å². The molecule has 0 bridgehead atoms. The van der Waals surface area contributed by atoms with Crippen LogP contribution in [-0.4, -0.2) is 16.2 Å². The molecule has 0 amide bonds. The molecule has 1 aromatic heterocycles. The summed E-state index contributed by atoms with van der Waals surface area (Å²) < 4.78 is 5.41. The van der Waals surface area contributed by atoms with E-state index >= 15 is 0 Å². The van der Waals surface area contributed by atoms with Gasteiger partial charge < -0.3 is 10.3 Å². The number of benzene rings is 1. The van der Waals surface area contributed by atoms with Gasteiger partial charge in [0.15, 0.2) is 5.82 Å². The number of nitrogens with two attached hydrogens (primary N) is 1. The second-order valence-electron chi connectivity index (χ2n) is 5.46. The maximum Gasteiger partial charge on any atom is 0.229 e. The van der Waals surface area contributed by atoms with Gasteiger partial charge in [-0.2, -0.15) is 4.98 Å². The fraction of sp³-hybridized carbons (Fsp3) is 0.467. The Balaban J connectivity index is 1.66. The van der Waals surface area contributed by atoms with Crippen molar-refractivity contribution in [1.29, 1.82) is 0 Å². The Morgan fingerprint density at radius 1 is 1.15 bits per heavy atom. The highest BCUT2D eigenvalue weighted by molar-refractivity contribution is 6.30. The summed E-state index contributed by atoms with van der Waals surface area (Å²) in [5.41, 5.74) is 7.05. The lowest BCUT2D eigenvalue weighted by atomic mass is 9.86. The van der Waals surface area contributed by atoms with Gasteiger partial charge in [0.05, 0.1) is 0 Å². The van der Waals surface area contributed by atoms with Gasteiger partial charge in [0, 0.05) is 23.4 Å². The minimum Gasteiger partial charge on any atom is -0.339 e. The lowest BCUT2D eigenvalue weighted by Crippen LogP contribution is -2.25. The minimum absolute atomic E-state index is 0.336. The Kier molecular flexibility index (Phi) is 4.03. The van der Waals surface area contributed by atoms with Crippen molar-refractivity contribution >= 4 is 11.6 Å². The molecule has 5 heteroatoms. The van der Waals surface area contributed by atoms with E-state index in [4.69, 9.17) is 21.9 Å². The zero-order valence-corrected chi connectivity index (χ0v) is 12.0. The van der Waals surface area contributed by atoms with Crippen LogP contribution in [0.1, 0.15) is 48.9 Å². The third-order valence-electron chi connectivity index (χ3n) is 3.88. The van der Waals surface area contributed by atoms with Crippen LogP contribution in [-0.2, 0) is 6.42 Å². The van der Waals surface area contributed by atoms with Crippen LogP contribution in [0.3, 0.4) is 0 Å². The van der Waals surface area contributed by atoms with Crippen molar-refractivity contribution in [1.82, 2.24) is 10.1 Å². The van der Waals surface area contributed by atoms with Crippen LogP contribution in [0.4, 0.5) is 0 Å². The number of nitrogens with zero attached hydrogens (tertiary/aromatic N) is 2. The molecule has 3 rings (SSSR count). The van der Waals surface area contributed by atoms with Crippen molar-refractivity contribution in [3.05, 3.63) is 46.6 Å². The van der Waals surface area contributed by atoms with Crippen molar-refractivity contribution in [2.45, 2.75) is 44.1 Å². The van der Waals surface area contributed by atoms with Crippen molar-refractivity contribution in [2.75, 3.05) is 0 Å². The predicted octanol–water partition coefficient (Wildman–Crippen LogP) is 3.30. The van der Waals surface area contributed by atoms with Gasteiger partial charge in [-0.15, -0.1) is 0 Å². The molecule has 1 aromatic carbocycles. The molecule has 2 N–H and O–H groups in total. The standard InChI is InChI=1S/C15H18ClN3O/c16-12-5-1-10(2-6-12)9-14-18-15(20-19-14)11-3-7-13(17)8-4-11/h1-2,5-6,11,13H,3-4,7-9,17H2. The maximum atomic E-state index is 5.92. The summed E-state index contributed by atoms with van der Waals surface area (Å²) in [5, 5.41) is 4.81. The molecule has 0 radical (unpaired) electrons. The Morgan fingerprint density at radius 3 is 2.55 bits per heavy atom. The lowest BCUT2D eigenvalue weighted by Gasteiger charge is -2.22. The maximum absolute atomic E-state index is 5.92. The lowest BCUT2D eigenvalue weighted by molar-refractivity contribution is 0.300. The summed E-state index contributed by atoms with van der Waals surface area (Å²) in [6.45, 7) is 0. The second-order valence-corrected chi connectivity index (χ2v) is 5.90. The van der Waals surface area contributed by atoms with E-state index in [2.05, 4.69) is 10.1 Å². The van der Waals surface area contributed by atoms with Crippen LogP contribution in [0.25, 0.3) is 0 Å². The van der Waals surface area contributed by atoms with E-state index in [1.807, 2.05) is 24.3 Å². The van der Waals surface area contributed by atoms with Crippen molar-refractivity contribution in [2.24, 2.45) is 5.73 Å². The van der Waals surface area contributed by atoms with Gasteiger partial charge in [0.1, 0.15) is 0 Å². The Bertz CT molecular complexity index is 559. The number of hydrogen-bond donors (Lipinski definition) is 1. The van der Waals surface area contributed by atoms with E-state index in [-0.39, 0.29) is 0 Å². The average molecular weight is 292 g/mol. The average Bonchev–Trinajstić information content (AvgIpc) is 2.91. The van der Waals surface area contributed by atoms with Crippen LogP contribution in [0.5, 0.6) is 0 Å². The van der Waals surface area contributed by atoms with Crippen LogP contribution >= 0.6 is 11.6 Å². The fourth-order valence-corrected chi connectivity index (χ4v) is 2.78. The van der Waals surface area contributed by atoms with E-state index in [0.717, 1.165) is 48.0 Å². The molecule has 106 valence electrons. The second kappa shape index (κ2) is 5.94. The van der Waals surface area contributed by atoms with E-state index in [1.54, 1.807) is 0 Å². The van der Waals surface area contributed by atoms with Crippen molar-refractivity contribution in [3.8, 4) is 0 Å². The number of rotatable bonds is 3. The third-order valence-corrected chi connectivity index (χ3v) is 4.13. The quantitative estimate of drug-likeness (QED) is 0.942. The zero-order chi connectivity index (χ0) is 13.9. The molecule has 1 aliphatic carbocycles. The SMILES string of the molecule is NC1CCC(c2nc(Cc3ccc(Cl)cc3)no2)CC1. The largest absolute Gasteiger partial charge is 0.339 e. The van der Waals surface area contributed by atoms with E-state index in [0.29, 0.717) is 18.4 Å². The van der Waals surface area contributed by atoms with Crippen LogP contribution < -0.4 is 5.73 Å². The highest BCUT2D eigenvalue weighted by Crippen LogP contribution is 2.31. The summed E-state index contributed by atoms with van der Waals surface area (Å²) in [7, 11) is 0. The fourth-order valence-electron chi connectivity index (χ4n) is 2.66. The summed E-state index contributed by atoms with van der Waals surface area (Å²) in [5.74, 6) is 1.87. The van der Waals surface area contributed by atoms with Crippen LogP contribution in [0.15, 0.2) is 28.8 Å². The van der Waals surface area contributed by atoms with Gasteiger partial charge >= 0.3 is 0 Å². The smallest absolute Gasteiger partial charge is 0.229 e. The third kappa shape index (κ3) is 3.19. The molecular formula is C15H18ClN3O. The molecule has 4 nitrogen and oxygen atoms in total. The molecule has 20 heavy (non-hydrogen) atoms. The molecule has 1 fully saturated rings. The molecule has 1 saturated carbocycles. The van der Waals surface area contributed by atoms with Crippen molar-refractivity contribution in [3.63, 3.8) is 0 Å². The molecule has 1 aliphatic rings. The van der Waals surface area contributed by atoms with Crippen LogP contribution in [0, 0.1) is 0 Å². The molecule has 2 aromatic rings. The minimum atomic E-state index is 0.336. The Hall–Kier alpha value is -1.39. The van der Waals surface area contributed by atoms with Gasteiger partial charge in [-0.1, -0.05) is 28.9 Å². The number of aromatic nitrogens is 2. The molecular weight excluding hydrogens is 274 g/mol. The normalized spacial score (nSPS) is 22.9. The predicted molar refractivity (Wildman–Crippen MR) is 77.7 cm³/mol. The highest BCUT2D eigenvalue weighted by Gasteiger charge is 2.24. The Morgan fingerprint density at radius 2 is 1.85 bits per heavy atom. The van der Waals surface area contributed by atoms with Crippen molar-refractivity contribution < 1.29 is 4.52 Å². The summed E-state index contributed by atoms with van der Waals surface area (Å²) in [6.07, 6.45) is 4.85. The topological polar surface area (TPSA) is 64.9 Å². The molecule has 1 heterocycles. The highest BCUT2D eigenvalue weighted by atomic mass is 35.5. The van der Waals surface area contributed by atoms with Crippen LogP contribution in [0.2, 0.25) is 5.02 Å². The van der Waals surface area contributed by atoms with Gasteiger partial charge in [-0.05, 0) is 43.4 Å². The number of halogens is 1. The molecule has 0 unspecified atom stereocenters. The molecule has 0 aliphatic heterocycles. The van der Waals surface area contributed by atoms with E-state index in [1.165, 1.54) is 0 Å². The van der Waals surface area contributed by atoms with Gasteiger partial charge in [0.25, 0.3) is 0 Å². The first kappa shape index (κ1) is 13.6. The molecule has 0 spiro atoms. The first-order valence-electron chi connectivity index (χ1n) is 7.03. The van der Waals surface area contributed by atoms with Gasteiger partial charge in [-0.25, -0.2) is 0 Å². The summed E-state index contributed by atoms with van der Waals surface area (Å²) in [6, 6.07) is 8.05. The Labute approximate surface area is 123 Å². The first-order valence-corrected chi connectivity index (χ1v) is 7.41.